The Bertz CT molecular complexity index is 1420. The molecule has 38 heavy (non-hydrogen) atoms. The number of fused-ring (bicyclic) bond motifs is 1. The van der Waals surface area contributed by atoms with Crippen molar-refractivity contribution in [2.24, 2.45) is 10.9 Å². The summed E-state index contributed by atoms with van der Waals surface area (Å²) in [6.07, 6.45) is 3.47. The van der Waals surface area contributed by atoms with Crippen LogP contribution in [0.25, 0.3) is 0 Å². The Hall–Kier alpha value is -3.10. The molecule has 3 aromatic carbocycles. The number of rotatable bonds is 5. The van der Waals surface area contributed by atoms with Gasteiger partial charge in [-0.15, -0.1) is 0 Å². The summed E-state index contributed by atoms with van der Waals surface area (Å²) in [4.78, 5) is 21.7. The SMILES string of the molecule is O=C(N=C1S[C@H]2CS(=O)(=O)C[C@H]2N1c1ccc(N2CCC(Cc3ccccc3)CC2)cc1)c1ccccc1. The van der Waals surface area contributed by atoms with Gasteiger partial charge in [0.05, 0.1) is 17.5 Å². The number of benzene rings is 3. The Morgan fingerprint density at radius 3 is 2.16 bits per heavy atom. The highest BCUT2D eigenvalue weighted by Gasteiger charge is 2.49. The second-order valence-corrected chi connectivity index (χ2v) is 13.7. The zero-order valence-corrected chi connectivity index (χ0v) is 22.8. The summed E-state index contributed by atoms with van der Waals surface area (Å²) < 4.78 is 24.8. The molecule has 2 atom stereocenters. The van der Waals surface area contributed by atoms with Crippen LogP contribution in [0.5, 0.6) is 0 Å². The second kappa shape index (κ2) is 10.6. The normalized spacial score (nSPS) is 24.1. The Kier molecular flexibility index (Phi) is 7.01. The average molecular weight is 546 g/mol. The van der Waals surface area contributed by atoms with Gasteiger partial charge in [-0.2, -0.15) is 4.99 Å². The molecular formula is C30H31N3O3S2. The van der Waals surface area contributed by atoms with Gasteiger partial charge in [-0.25, -0.2) is 8.42 Å². The van der Waals surface area contributed by atoms with Crippen molar-refractivity contribution in [3.63, 3.8) is 0 Å². The first-order valence-electron chi connectivity index (χ1n) is 13.2. The quantitative estimate of drug-likeness (QED) is 0.446. The predicted octanol–water partition coefficient (Wildman–Crippen LogP) is 5.06. The minimum Gasteiger partial charge on any atom is -0.372 e. The molecule has 1 amide bonds. The minimum atomic E-state index is -3.11. The molecule has 3 aliphatic rings. The van der Waals surface area contributed by atoms with Gasteiger partial charge in [0.2, 0.25) is 0 Å². The summed E-state index contributed by atoms with van der Waals surface area (Å²) >= 11 is 1.41. The number of sulfone groups is 1. The van der Waals surface area contributed by atoms with Crippen LogP contribution < -0.4 is 9.80 Å². The lowest BCUT2D eigenvalue weighted by Crippen LogP contribution is -2.38. The van der Waals surface area contributed by atoms with Gasteiger partial charge in [0.1, 0.15) is 0 Å². The zero-order chi connectivity index (χ0) is 26.1. The number of carbonyl (C=O) groups is 1. The summed E-state index contributed by atoms with van der Waals surface area (Å²) in [5.41, 5.74) is 3.99. The highest BCUT2D eigenvalue weighted by atomic mass is 32.2. The third kappa shape index (κ3) is 5.38. The molecule has 196 valence electrons. The highest BCUT2D eigenvalue weighted by Crippen LogP contribution is 2.41. The highest BCUT2D eigenvalue weighted by molar-refractivity contribution is 8.16. The van der Waals surface area contributed by atoms with Crippen molar-refractivity contribution >= 4 is 44.0 Å². The van der Waals surface area contributed by atoms with E-state index in [-0.39, 0.29) is 28.7 Å². The molecule has 0 radical (unpaired) electrons. The van der Waals surface area contributed by atoms with Gasteiger partial charge >= 0.3 is 0 Å². The molecule has 0 saturated carbocycles. The molecule has 6 rings (SSSR count). The maximum absolute atomic E-state index is 12.9. The zero-order valence-electron chi connectivity index (χ0n) is 21.1. The predicted molar refractivity (Wildman–Crippen MR) is 156 cm³/mol. The van der Waals surface area contributed by atoms with Crippen LogP contribution in [0.4, 0.5) is 11.4 Å². The van der Waals surface area contributed by atoms with Crippen LogP contribution in [-0.4, -0.2) is 55.4 Å². The van der Waals surface area contributed by atoms with E-state index >= 15 is 0 Å². The molecule has 0 N–H and O–H groups in total. The Morgan fingerprint density at radius 2 is 1.47 bits per heavy atom. The van der Waals surface area contributed by atoms with E-state index in [1.54, 1.807) is 12.1 Å². The van der Waals surface area contributed by atoms with Crippen molar-refractivity contribution in [1.82, 2.24) is 0 Å². The minimum absolute atomic E-state index is 0.0832. The van der Waals surface area contributed by atoms with Gasteiger partial charge in [0.15, 0.2) is 15.0 Å². The molecule has 3 heterocycles. The number of hydrogen-bond donors (Lipinski definition) is 0. The maximum Gasteiger partial charge on any atom is 0.279 e. The number of nitrogens with zero attached hydrogens (tertiary/aromatic N) is 3. The molecule has 3 saturated heterocycles. The van der Waals surface area contributed by atoms with Crippen LogP contribution in [0.2, 0.25) is 0 Å². The molecule has 0 unspecified atom stereocenters. The fourth-order valence-corrected chi connectivity index (χ4v) is 9.68. The summed E-state index contributed by atoms with van der Waals surface area (Å²) in [6, 6.07) is 27.8. The van der Waals surface area contributed by atoms with Crippen LogP contribution in [0.15, 0.2) is 89.9 Å². The van der Waals surface area contributed by atoms with Crippen LogP contribution in [0, 0.1) is 5.92 Å². The van der Waals surface area contributed by atoms with E-state index in [1.165, 1.54) is 35.9 Å². The van der Waals surface area contributed by atoms with E-state index in [0.29, 0.717) is 16.6 Å². The Labute approximate surface area is 228 Å². The van der Waals surface area contributed by atoms with E-state index in [2.05, 4.69) is 52.4 Å². The fraction of sp³-hybridized carbons (Fsp3) is 0.333. The first-order valence-corrected chi connectivity index (χ1v) is 15.9. The van der Waals surface area contributed by atoms with Gasteiger partial charge in [-0.3, -0.25) is 4.79 Å². The summed E-state index contributed by atoms with van der Waals surface area (Å²) in [5, 5.41) is 0.462. The second-order valence-electron chi connectivity index (χ2n) is 10.4. The smallest absolute Gasteiger partial charge is 0.279 e. The molecule has 3 aliphatic heterocycles. The van der Waals surface area contributed by atoms with Gasteiger partial charge in [0, 0.05) is 35.3 Å². The van der Waals surface area contributed by atoms with Crippen molar-refractivity contribution in [1.29, 1.82) is 0 Å². The van der Waals surface area contributed by atoms with Gasteiger partial charge in [-0.05, 0) is 67.1 Å². The van der Waals surface area contributed by atoms with E-state index in [4.69, 9.17) is 0 Å². The number of hydrogen-bond acceptors (Lipinski definition) is 5. The van der Waals surface area contributed by atoms with Crippen molar-refractivity contribution in [3.05, 3.63) is 96.1 Å². The number of amides is 1. The maximum atomic E-state index is 12.9. The van der Waals surface area contributed by atoms with Crippen LogP contribution in [0.3, 0.4) is 0 Å². The van der Waals surface area contributed by atoms with Crippen LogP contribution >= 0.6 is 11.8 Å². The van der Waals surface area contributed by atoms with Crippen molar-refractivity contribution < 1.29 is 13.2 Å². The summed E-state index contributed by atoms with van der Waals surface area (Å²) in [5.74, 6) is 0.598. The van der Waals surface area contributed by atoms with Gasteiger partial charge in [-0.1, -0.05) is 60.3 Å². The van der Waals surface area contributed by atoms with E-state index in [0.717, 1.165) is 25.2 Å². The third-order valence-electron chi connectivity index (χ3n) is 7.76. The Morgan fingerprint density at radius 1 is 0.842 bits per heavy atom. The standard InChI is InChI=1S/C30H31N3O3S2/c34-29(24-9-5-2-6-10-24)31-30-33(27-20-38(35,36)21-28(27)37-30)26-13-11-25(12-14-26)32-17-15-23(16-18-32)19-22-7-3-1-4-8-22/h1-14,23,27-28H,15-21H2/t27-,28+/m1/s1. The topological polar surface area (TPSA) is 70.0 Å². The summed E-state index contributed by atoms with van der Waals surface area (Å²) in [7, 11) is -3.11. The monoisotopic (exact) mass is 545 g/mol. The molecule has 0 aliphatic carbocycles. The summed E-state index contributed by atoms with van der Waals surface area (Å²) in [6.45, 7) is 2.05. The van der Waals surface area contributed by atoms with Crippen molar-refractivity contribution in [2.45, 2.75) is 30.6 Å². The van der Waals surface area contributed by atoms with E-state index < -0.39 is 9.84 Å². The first kappa shape index (κ1) is 25.2. The number of carbonyl (C=O) groups excluding carboxylic acids is 1. The van der Waals surface area contributed by atoms with Crippen LogP contribution in [-0.2, 0) is 16.3 Å². The van der Waals surface area contributed by atoms with Gasteiger partial charge in [0.25, 0.3) is 5.91 Å². The van der Waals surface area contributed by atoms with Crippen molar-refractivity contribution in [3.8, 4) is 0 Å². The van der Waals surface area contributed by atoms with Crippen molar-refractivity contribution in [2.75, 3.05) is 34.4 Å². The lowest BCUT2D eigenvalue weighted by molar-refractivity contribution is 0.100. The molecule has 3 fully saturated rings. The third-order valence-corrected chi connectivity index (χ3v) is 11.0. The van der Waals surface area contributed by atoms with Gasteiger partial charge < -0.3 is 9.80 Å². The molecule has 0 spiro atoms. The number of amidine groups is 1. The number of piperidine rings is 1. The molecule has 8 heteroatoms. The van der Waals surface area contributed by atoms with E-state index in [1.807, 2.05) is 35.2 Å². The largest absolute Gasteiger partial charge is 0.372 e. The number of aliphatic imine (C=N–C) groups is 1. The molecule has 0 aromatic heterocycles. The molecular weight excluding hydrogens is 514 g/mol. The lowest BCUT2D eigenvalue weighted by Gasteiger charge is -2.34. The number of anilines is 2. The fourth-order valence-electron chi connectivity index (χ4n) is 5.77. The lowest BCUT2D eigenvalue weighted by atomic mass is 9.90. The van der Waals surface area contributed by atoms with E-state index in [9.17, 15) is 13.2 Å². The molecule has 0 bridgehead atoms. The first-order chi connectivity index (χ1) is 18.4. The average Bonchev–Trinajstić information content (AvgIpc) is 3.41. The molecule has 3 aromatic rings. The number of thioether (sulfide) groups is 1. The molecule has 6 nitrogen and oxygen atoms in total. The van der Waals surface area contributed by atoms with Crippen LogP contribution in [0.1, 0.15) is 28.8 Å². The Balaban J connectivity index is 1.18.